The molecule has 4 nitrogen and oxygen atoms in total. The van der Waals surface area contributed by atoms with Crippen LogP contribution in [0.3, 0.4) is 0 Å². The predicted octanol–water partition coefficient (Wildman–Crippen LogP) is 3.91. The number of halogens is 2. The van der Waals surface area contributed by atoms with Crippen molar-refractivity contribution in [2.75, 3.05) is 12.8 Å². The normalized spacial score (nSPS) is 10.3. The second kappa shape index (κ2) is 6.35. The molecule has 0 bridgehead atoms. The summed E-state index contributed by atoms with van der Waals surface area (Å²) < 4.78 is 4.72. The van der Waals surface area contributed by atoms with Gasteiger partial charge in [0.1, 0.15) is 5.03 Å². The number of carbonyl (C=O) groups excluding carboxylic acids is 1. The van der Waals surface area contributed by atoms with Gasteiger partial charge in [0.05, 0.1) is 34.6 Å². The van der Waals surface area contributed by atoms with E-state index in [1.165, 1.54) is 31.1 Å². The van der Waals surface area contributed by atoms with Gasteiger partial charge in [0.2, 0.25) is 0 Å². The molecule has 0 atom stereocenters. The highest BCUT2D eigenvalue weighted by Gasteiger charge is 2.15. The number of methoxy groups -OCH3 is 1. The molecule has 0 saturated heterocycles. The first-order valence-corrected chi connectivity index (χ1v) is 7.05. The van der Waals surface area contributed by atoms with Crippen LogP contribution in [0, 0.1) is 0 Å². The summed E-state index contributed by atoms with van der Waals surface area (Å²) in [6.07, 6.45) is 1.48. The number of hydrogen-bond donors (Lipinski definition) is 1. The number of benzene rings is 1. The van der Waals surface area contributed by atoms with Gasteiger partial charge in [0.15, 0.2) is 0 Å². The highest BCUT2D eigenvalue weighted by Crippen LogP contribution is 2.33. The van der Waals surface area contributed by atoms with Crippen molar-refractivity contribution < 1.29 is 9.53 Å². The van der Waals surface area contributed by atoms with Crippen molar-refractivity contribution in [2.24, 2.45) is 0 Å². The number of aromatic nitrogens is 1. The number of nitrogens with two attached hydrogens (primary N) is 1. The zero-order chi connectivity index (χ0) is 14.7. The summed E-state index contributed by atoms with van der Waals surface area (Å²) in [5.74, 6) is -0.493. The Morgan fingerprint density at radius 1 is 1.30 bits per heavy atom. The van der Waals surface area contributed by atoms with E-state index < -0.39 is 5.97 Å². The molecule has 20 heavy (non-hydrogen) atoms. The summed E-state index contributed by atoms with van der Waals surface area (Å²) in [6.45, 7) is 0. The van der Waals surface area contributed by atoms with E-state index in [0.717, 1.165) is 4.90 Å². The van der Waals surface area contributed by atoms with Gasteiger partial charge in [0.25, 0.3) is 0 Å². The molecule has 0 unspecified atom stereocenters. The first-order valence-electron chi connectivity index (χ1n) is 5.48. The second-order valence-corrected chi connectivity index (χ2v) is 5.67. The highest BCUT2D eigenvalue weighted by atomic mass is 35.5. The van der Waals surface area contributed by atoms with Crippen LogP contribution >= 0.6 is 35.0 Å². The molecular weight excluding hydrogens is 319 g/mol. The number of ether oxygens (including phenoxy) is 1. The molecule has 7 heteroatoms. The summed E-state index contributed by atoms with van der Waals surface area (Å²) in [6, 6.07) is 6.70. The van der Waals surface area contributed by atoms with Gasteiger partial charge in [-0.25, -0.2) is 9.78 Å². The van der Waals surface area contributed by atoms with Crippen molar-refractivity contribution in [2.45, 2.75) is 9.92 Å². The van der Waals surface area contributed by atoms with Crippen LogP contribution in [-0.2, 0) is 4.74 Å². The van der Waals surface area contributed by atoms with Crippen molar-refractivity contribution in [1.29, 1.82) is 0 Å². The van der Waals surface area contributed by atoms with Crippen molar-refractivity contribution >= 4 is 46.6 Å². The van der Waals surface area contributed by atoms with Gasteiger partial charge in [-0.3, -0.25) is 0 Å². The fourth-order valence-electron chi connectivity index (χ4n) is 1.46. The molecular formula is C13H10Cl2N2O2S. The summed E-state index contributed by atoms with van der Waals surface area (Å²) in [4.78, 5) is 16.7. The largest absolute Gasteiger partial charge is 0.465 e. The average molecular weight is 329 g/mol. The Bertz CT molecular complexity index is 665. The number of nitrogens with zero attached hydrogens (tertiary/aromatic N) is 1. The van der Waals surface area contributed by atoms with Gasteiger partial charge in [-0.15, -0.1) is 0 Å². The molecule has 0 spiro atoms. The van der Waals surface area contributed by atoms with Gasteiger partial charge in [-0.2, -0.15) is 0 Å². The van der Waals surface area contributed by atoms with Crippen LogP contribution in [0.4, 0.5) is 5.69 Å². The third kappa shape index (κ3) is 3.36. The van der Waals surface area contributed by atoms with E-state index >= 15 is 0 Å². The topological polar surface area (TPSA) is 65.2 Å². The molecule has 0 saturated carbocycles. The lowest BCUT2D eigenvalue weighted by Gasteiger charge is -2.08. The molecule has 1 heterocycles. The zero-order valence-electron chi connectivity index (χ0n) is 10.4. The van der Waals surface area contributed by atoms with Crippen LogP contribution in [0.5, 0.6) is 0 Å². The van der Waals surface area contributed by atoms with Crippen molar-refractivity contribution in [3.63, 3.8) is 0 Å². The maximum atomic E-state index is 11.7. The van der Waals surface area contributed by atoms with E-state index in [1.807, 2.05) is 0 Å². The molecule has 0 fully saturated rings. The standard InChI is InChI=1S/C13H10Cl2N2O2S/c1-19-13(18)9-4-7(16)6-17-12(9)20-8-2-3-10(14)11(15)5-8/h2-6H,16H2,1H3. The van der Waals surface area contributed by atoms with Gasteiger partial charge in [0, 0.05) is 4.90 Å². The molecule has 0 radical (unpaired) electrons. The van der Waals surface area contributed by atoms with Gasteiger partial charge < -0.3 is 10.5 Å². The van der Waals surface area contributed by atoms with Gasteiger partial charge >= 0.3 is 5.97 Å². The number of carbonyl (C=O) groups is 1. The highest BCUT2D eigenvalue weighted by molar-refractivity contribution is 7.99. The third-order valence-corrected chi connectivity index (χ3v) is 4.13. The van der Waals surface area contributed by atoms with Crippen molar-refractivity contribution in [3.05, 3.63) is 46.1 Å². The zero-order valence-corrected chi connectivity index (χ0v) is 12.7. The molecule has 0 aliphatic carbocycles. The minimum atomic E-state index is -0.493. The van der Waals surface area contributed by atoms with E-state index in [9.17, 15) is 4.79 Å². The minimum absolute atomic E-state index is 0.309. The number of hydrogen-bond acceptors (Lipinski definition) is 5. The lowest BCUT2D eigenvalue weighted by molar-refractivity contribution is 0.0596. The van der Waals surface area contributed by atoms with E-state index in [4.69, 9.17) is 33.7 Å². The molecule has 1 aromatic heterocycles. The molecule has 2 N–H and O–H groups in total. The van der Waals surface area contributed by atoms with Crippen LogP contribution in [-0.4, -0.2) is 18.1 Å². The molecule has 2 rings (SSSR count). The maximum absolute atomic E-state index is 11.7. The smallest absolute Gasteiger partial charge is 0.340 e. The van der Waals surface area contributed by atoms with Crippen LogP contribution in [0.15, 0.2) is 40.4 Å². The predicted molar refractivity (Wildman–Crippen MR) is 80.6 cm³/mol. The molecule has 0 amide bonds. The van der Waals surface area contributed by atoms with Crippen molar-refractivity contribution in [3.8, 4) is 0 Å². The van der Waals surface area contributed by atoms with Crippen LogP contribution in [0.1, 0.15) is 10.4 Å². The van der Waals surface area contributed by atoms with E-state index in [2.05, 4.69) is 4.98 Å². The molecule has 0 aliphatic rings. The second-order valence-electron chi connectivity index (χ2n) is 3.79. The Kier molecular flexibility index (Phi) is 4.75. The Balaban J connectivity index is 2.37. The van der Waals surface area contributed by atoms with Gasteiger partial charge in [-0.05, 0) is 24.3 Å². The first-order chi connectivity index (χ1) is 9.51. The minimum Gasteiger partial charge on any atom is -0.465 e. The third-order valence-electron chi connectivity index (χ3n) is 2.38. The lowest BCUT2D eigenvalue weighted by atomic mass is 10.3. The molecule has 0 aliphatic heterocycles. The average Bonchev–Trinajstić information content (AvgIpc) is 2.44. The SMILES string of the molecule is COC(=O)c1cc(N)cnc1Sc1ccc(Cl)c(Cl)c1. The monoisotopic (exact) mass is 328 g/mol. The Hall–Kier alpha value is -1.43. The number of pyridine rings is 1. The summed E-state index contributed by atoms with van der Waals surface area (Å²) >= 11 is 13.1. The Labute approximate surface area is 130 Å². The number of anilines is 1. The Morgan fingerprint density at radius 3 is 2.70 bits per heavy atom. The fraction of sp³-hybridized carbons (Fsp3) is 0.0769. The number of rotatable bonds is 3. The Morgan fingerprint density at radius 2 is 2.05 bits per heavy atom. The quantitative estimate of drug-likeness (QED) is 0.865. The first kappa shape index (κ1) is 15.0. The van der Waals surface area contributed by atoms with Crippen molar-refractivity contribution in [1.82, 2.24) is 4.98 Å². The van der Waals surface area contributed by atoms with E-state index in [0.29, 0.717) is 26.3 Å². The number of nitrogen functional groups attached to an aromatic ring is 1. The lowest BCUT2D eigenvalue weighted by Crippen LogP contribution is -2.05. The summed E-state index contributed by atoms with van der Waals surface area (Å²) in [5.41, 5.74) is 6.34. The van der Waals surface area contributed by atoms with Crippen LogP contribution in [0.2, 0.25) is 10.0 Å². The van der Waals surface area contributed by atoms with Gasteiger partial charge in [-0.1, -0.05) is 35.0 Å². The molecule has 2 aromatic rings. The molecule has 104 valence electrons. The van der Waals surface area contributed by atoms with E-state index in [1.54, 1.807) is 18.2 Å². The fourth-order valence-corrected chi connectivity index (χ4v) is 2.71. The molecule has 1 aromatic carbocycles. The summed E-state index contributed by atoms with van der Waals surface area (Å²) in [7, 11) is 1.30. The van der Waals surface area contributed by atoms with Crippen LogP contribution in [0.25, 0.3) is 0 Å². The van der Waals surface area contributed by atoms with E-state index in [-0.39, 0.29) is 0 Å². The summed E-state index contributed by atoms with van der Waals surface area (Å²) in [5, 5.41) is 1.39. The number of esters is 1. The van der Waals surface area contributed by atoms with Crippen LogP contribution < -0.4 is 5.73 Å². The maximum Gasteiger partial charge on any atom is 0.340 e.